The monoisotopic (exact) mass is 320 g/mol. The summed E-state index contributed by atoms with van der Waals surface area (Å²) in [6, 6.07) is 0.887. The zero-order valence-electron chi connectivity index (χ0n) is 14.4. The maximum Gasteiger partial charge on any atom is 0.223 e. The molecule has 4 aliphatic rings. The van der Waals surface area contributed by atoms with Crippen molar-refractivity contribution in [1.29, 1.82) is 0 Å². The summed E-state index contributed by atoms with van der Waals surface area (Å²) < 4.78 is 0. The van der Waals surface area contributed by atoms with E-state index in [4.69, 9.17) is 0 Å². The lowest BCUT2D eigenvalue weighted by Gasteiger charge is -2.41. The van der Waals surface area contributed by atoms with E-state index in [1.807, 2.05) is 4.90 Å². The van der Waals surface area contributed by atoms with Crippen molar-refractivity contribution in [3.63, 3.8) is 0 Å². The number of nitrogens with one attached hydrogen (secondary N) is 1. The van der Waals surface area contributed by atoms with E-state index in [9.17, 15) is 4.79 Å². The normalized spacial score (nSPS) is 35.8. The number of nitrogens with zero attached hydrogens (tertiary/aromatic N) is 3. The van der Waals surface area contributed by atoms with Gasteiger partial charge in [0.15, 0.2) is 0 Å². The zero-order valence-corrected chi connectivity index (χ0v) is 14.4. The van der Waals surface area contributed by atoms with Crippen molar-refractivity contribution in [2.45, 2.75) is 38.1 Å². The standard InChI is InChI=1S/C18H32N4O/c23-18(22-7-4-19-5-8-22)3-6-20-9-11-21(12-10-20)17-14-15-1-2-16(17)13-15/h15-17,19H,1-14H2. The van der Waals surface area contributed by atoms with Gasteiger partial charge in [-0.1, -0.05) is 6.42 Å². The van der Waals surface area contributed by atoms with Crippen LogP contribution in [0.2, 0.25) is 0 Å². The van der Waals surface area contributed by atoms with E-state index in [-0.39, 0.29) is 0 Å². The van der Waals surface area contributed by atoms with E-state index in [0.717, 1.165) is 63.7 Å². The second kappa shape index (κ2) is 7.08. The molecule has 2 saturated carbocycles. The summed E-state index contributed by atoms with van der Waals surface area (Å²) in [4.78, 5) is 19.6. The van der Waals surface area contributed by atoms with Crippen LogP contribution < -0.4 is 5.32 Å². The van der Waals surface area contributed by atoms with Crippen molar-refractivity contribution in [2.75, 3.05) is 58.9 Å². The van der Waals surface area contributed by atoms with E-state index in [2.05, 4.69) is 15.1 Å². The summed E-state index contributed by atoms with van der Waals surface area (Å²) in [5.41, 5.74) is 0. The van der Waals surface area contributed by atoms with Crippen molar-refractivity contribution < 1.29 is 4.79 Å². The van der Waals surface area contributed by atoms with E-state index >= 15 is 0 Å². The summed E-state index contributed by atoms with van der Waals surface area (Å²) in [6.07, 6.45) is 6.65. The summed E-state index contributed by atoms with van der Waals surface area (Å²) in [7, 11) is 0. The van der Waals surface area contributed by atoms with Gasteiger partial charge >= 0.3 is 0 Å². The second-order valence-corrected chi connectivity index (χ2v) is 8.00. The average Bonchev–Trinajstić information content (AvgIpc) is 3.24. The van der Waals surface area contributed by atoms with Crippen LogP contribution in [0.3, 0.4) is 0 Å². The minimum atomic E-state index is 0.349. The van der Waals surface area contributed by atoms with Gasteiger partial charge < -0.3 is 15.1 Å². The Balaban J connectivity index is 1.17. The number of amides is 1. The van der Waals surface area contributed by atoms with Gasteiger partial charge in [-0.3, -0.25) is 9.69 Å². The average molecular weight is 320 g/mol. The second-order valence-electron chi connectivity index (χ2n) is 8.00. The first-order valence-corrected chi connectivity index (χ1v) is 9.74. The molecule has 0 radical (unpaired) electrons. The van der Waals surface area contributed by atoms with Crippen LogP contribution in [0.1, 0.15) is 32.1 Å². The number of carbonyl (C=O) groups excluding carboxylic acids is 1. The molecule has 2 heterocycles. The molecule has 5 nitrogen and oxygen atoms in total. The molecule has 3 unspecified atom stereocenters. The number of carbonyl (C=O) groups is 1. The molecule has 1 amide bonds. The van der Waals surface area contributed by atoms with Crippen LogP contribution in [0.15, 0.2) is 0 Å². The van der Waals surface area contributed by atoms with Gasteiger partial charge in [0, 0.05) is 71.4 Å². The molecule has 4 fully saturated rings. The van der Waals surface area contributed by atoms with Gasteiger partial charge in [0.25, 0.3) is 0 Å². The van der Waals surface area contributed by atoms with Crippen molar-refractivity contribution in [3.8, 4) is 0 Å². The summed E-state index contributed by atoms with van der Waals surface area (Å²) in [6.45, 7) is 9.37. The topological polar surface area (TPSA) is 38.8 Å². The Morgan fingerprint density at radius 1 is 0.957 bits per heavy atom. The van der Waals surface area contributed by atoms with Crippen LogP contribution in [0.25, 0.3) is 0 Å². The van der Waals surface area contributed by atoms with Crippen molar-refractivity contribution in [2.24, 2.45) is 11.8 Å². The first kappa shape index (κ1) is 15.9. The lowest BCUT2D eigenvalue weighted by Crippen LogP contribution is -2.52. The van der Waals surface area contributed by atoms with Crippen LogP contribution >= 0.6 is 0 Å². The molecular weight excluding hydrogens is 288 g/mol. The van der Waals surface area contributed by atoms with Gasteiger partial charge in [-0.05, 0) is 31.1 Å². The molecule has 2 aliphatic carbocycles. The van der Waals surface area contributed by atoms with Crippen LogP contribution in [0.5, 0.6) is 0 Å². The van der Waals surface area contributed by atoms with Crippen LogP contribution in [0.4, 0.5) is 0 Å². The SMILES string of the molecule is O=C(CCN1CCN(C2CC3CCC2C3)CC1)N1CCNCC1. The fourth-order valence-corrected chi connectivity index (χ4v) is 5.30. The molecule has 2 saturated heterocycles. The molecule has 0 spiro atoms. The largest absolute Gasteiger partial charge is 0.340 e. The van der Waals surface area contributed by atoms with Crippen molar-refractivity contribution in [3.05, 3.63) is 0 Å². The maximum absolute atomic E-state index is 12.3. The van der Waals surface area contributed by atoms with Crippen LogP contribution in [-0.4, -0.2) is 85.6 Å². The predicted octanol–water partition coefficient (Wildman–Crippen LogP) is 0.615. The van der Waals surface area contributed by atoms with E-state index in [1.54, 1.807) is 0 Å². The van der Waals surface area contributed by atoms with Crippen LogP contribution in [-0.2, 0) is 4.79 Å². The third-order valence-electron chi connectivity index (χ3n) is 6.69. The quantitative estimate of drug-likeness (QED) is 0.824. The van der Waals surface area contributed by atoms with Gasteiger partial charge in [0.2, 0.25) is 5.91 Å². The highest BCUT2D eigenvalue weighted by atomic mass is 16.2. The Labute approximate surface area is 140 Å². The van der Waals surface area contributed by atoms with Crippen molar-refractivity contribution in [1.82, 2.24) is 20.0 Å². The Hall–Kier alpha value is -0.650. The van der Waals surface area contributed by atoms with Gasteiger partial charge in [-0.15, -0.1) is 0 Å². The molecule has 0 aromatic heterocycles. The molecule has 0 aromatic rings. The van der Waals surface area contributed by atoms with E-state index in [1.165, 1.54) is 38.8 Å². The van der Waals surface area contributed by atoms with Gasteiger partial charge in [-0.2, -0.15) is 0 Å². The Bertz CT molecular complexity index is 415. The number of hydrogen-bond donors (Lipinski definition) is 1. The number of fused-ring (bicyclic) bond motifs is 2. The molecule has 23 heavy (non-hydrogen) atoms. The van der Waals surface area contributed by atoms with Crippen LogP contribution in [0, 0.1) is 11.8 Å². The molecule has 2 bridgehead atoms. The molecule has 130 valence electrons. The molecule has 3 atom stereocenters. The third-order valence-corrected chi connectivity index (χ3v) is 6.69. The fourth-order valence-electron chi connectivity index (χ4n) is 5.30. The van der Waals surface area contributed by atoms with E-state index < -0.39 is 0 Å². The Morgan fingerprint density at radius 3 is 2.39 bits per heavy atom. The fraction of sp³-hybridized carbons (Fsp3) is 0.944. The summed E-state index contributed by atoms with van der Waals surface area (Å²) >= 11 is 0. The number of hydrogen-bond acceptors (Lipinski definition) is 4. The molecule has 4 rings (SSSR count). The van der Waals surface area contributed by atoms with Gasteiger partial charge in [-0.25, -0.2) is 0 Å². The molecular formula is C18H32N4O. The Kier molecular flexibility index (Phi) is 4.88. The smallest absolute Gasteiger partial charge is 0.223 e. The predicted molar refractivity (Wildman–Crippen MR) is 91.3 cm³/mol. The minimum absolute atomic E-state index is 0.349. The molecule has 5 heteroatoms. The van der Waals surface area contributed by atoms with Crippen molar-refractivity contribution >= 4 is 5.91 Å². The molecule has 2 aliphatic heterocycles. The lowest BCUT2D eigenvalue weighted by molar-refractivity contribution is -0.132. The minimum Gasteiger partial charge on any atom is -0.340 e. The highest BCUT2D eigenvalue weighted by Gasteiger charge is 2.42. The van der Waals surface area contributed by atoms with E-state index in [0.29, 0.717) is 12.3 Å². The first-order chi connectivity index (χ1) is 11.3. The first-order valence-electron chi connectivity index (χ1n) is 9.74. The Morgan fingerprint density at radius 2 is 1.74 bits per heavy atom. The van der Waals surface area contributed by atoms with Gasteiger partial charge in [0.05, 0.1) is 0 Å². The lowest BCUT2D eigenvalue weighted by atomic mass is 9.93. The highest BCUT2D eigenvalue weighted by molar-refractivity contribution is 5.76. The number of rotatable bonds is 4. The third kappa shape index (κ3) is 3.57. The zero-order chi connectivity index (χ0) is 15.6. The number of piperazine rings is 2. The van der Waals surface area contributed by atoms with Gasteiger partial charge in [0.1, 0.15) is 0 Å². The molecule has 0 aromatic carbocycles. The summed E-state index contributed by atoms with van der Waals surface area (Å²) in [5.74, 6) is 2.39. The highest BCUT2D eigenvalue weighted by Crippen LogP contribution is 2.46. The summed E-state index contributed by atoms with van der Waals surface area (Å²) in [5, 5.41) is 3.31. The molecule has 1 N–H and O–H groups in total. The maximum atomic E-state index is 12.3.